The van der Waals surface area contributed by atoms with E-state index in [2.05, 4.69) is 4.98 Å². The molecule has 4 bridgehead atoms. The molecule has 3 atom stereocenters. The van der Waals surface area contributed by atoms with Crippen LogP contribution in [0.1, 0.15) is 37.8 Å². The smallest absolute Gasteiger partial charge is 0.207 e. The maximum absolute atomic E-state index is 12.9. The Kier molecular flexibility index (Phi) is 2.92. The lowest BCUT2D eigenvalue weighted by molar-refractivity contribution is -0.294. The van der Waals surface area contributed by atoms with Crippen molar-refractivity contribution in [2.75, 3.05) is 6.61 Å². The molecule has 0 aromatic carbocycles. The molecule has 1 aromatic heterocycles. The molecule has 6 nitrogen and oxygen atoms in total. The van der Waals surface area contributed by atoms with Crippen molar-refractivity contribution < 1.29 is 9.94 Å². The molecular weight excluding hydrogens is 292 g/mol. The van der Waals surface area contributed by atoms with Gasteiger partial charge in [0, 0.05) is 25.7 Å². The van der Waals surface area contributed by atoms with Crippen molar-refractivity contribution >= 4 is 5.90 Å². The van der Waals surface area contributed by atoms with Gasteiger partial charge >= 0.3 is 0 Å². The van der Waals surface area contributed by atoms with Crippen LogP contribution in [-0.2, 0) is 23.4 Å². The van der Waals surface area contributed by atoms with Gasteiger partial charge in [-0.1, -0.05) is 0 Å². The van der Waals surface area contributed by atoms with Gasteiger partial charge in [-0.25, -0.2) is 9.98 Å². The van der Waals surface area contributed by atoms with Crippen LogP contribution >= 0.6 is 0 Å². The molecule has 6 heteroatoms. The van der Waals surface area contributed by atoms with Gasteiger partial charge in [0.15, 0.2) is 0 Å². The number of ether oxygens (including phenoxy) is 1. The first-order valence-electron chi connectivity index (χ1n) is 8.77. The maximum Gasteiger partial charge on any atom is 0.207 e. The highest BCUT2D eigenvalue weighted by molar-refractivity contribution is 5.88. The summed E-state index contributed by atoms with van der Waals surface area (Å²) in [6.07, 6.45) is 9.97. The molecule has 0 N–H and O–H groups in total. The Labute approximate surface area is 136 Å². The van der Waals surface area contributed by atoms with Gasteiger partial charge in [-0.05, 0) is 43.9 Å². The molecular formula is C17H23N4O2. The van der Waals surface area contributed by atoms with Crippen molar-refractivity contribution in [3.8, 4) is 0 Å². The van der Waals surface area contributed by atoms with E-state index in [4.69, 9.17) is 9.73 Å². The third-order valence-corrected chi connectivity index (χ3v) is 6.20. The number of imidazole rings is 1. The Bertz CT molecular complexity index is 641. The highest BCUT2D eigenvalue weighted by Gasteiger charge is 2.60. The Morgan fingerprint density at radius 3 is 2.78 bits per heavy atom. The molecule has 4 fully saturated rings. The monoisotopic (exact) mass is 315 g/mol. The van der Waals surface area contributed by atoms with Crippen molar-refractivity contribution in [2.24, 2.45) is 23.9 Å². The van der Waals surface area contributed by atoms with E-state index in [0.29, 0.717) is 18.4 Å². The zero-order valence-corrected chi connectivity index (χ0v) is 13.5. The minimum Gasteiger partial charge on any atom is -0.477 e. The highest BCUT2D eigenvalue weighted by atomic mass is 16.5. The lowest BCUT2D eigenvalue weighted by atomic mass is 9.58. The van der Waals surface area contributed by atoms with E-state index in [-0.39, 0.29) is 12.1 Å². The molecule has 2 aliphatic carbocycles. The third kappa shape index (κ3) is 2.08. The van der Waals surface area contributed by atoms with E-state index in [0.717, 1.165) is 43.7 Å². The third-order valence-electron chi connectivity index (χ3n) is 6.20. The molecule has 1 aromatic rings. The van der Waals surface area contributed by atoms with Crippen LogP contribution in [-0.4, -0.2) is 44.7 Å². The number of nitrogens with zero attached hydrogens (tertiary/aromatic N) is 4. The van der Waals surface area contributed by atoms with Crippen LogP contribution in [0.2, 0.25) is 0 Å². The van der Waals surface area contributed by atoms with Crippen molar-refractivity contribution in [1.82, 2.24) is 14.6 Å². The number of piperidine rings is 2. The Morgan fingerprint density at radius 2 is 2.09 bits per heavy atom. The number of aromatic nitrogens is 2. The Hall–Kier alpha value is -1.40. The van der Waals surface area contributed by atoms with Crippen molar-refractivity contribution in [3.63, 3.8) is 0 Å². The van der Waals surface area contributed by atoms with Crippen LogP contribution in [0.3, 0.4) is 0 Å². The van der Waals surface area contributed by atoms with E-state index in [9.17, 15) is 5.21 Å². The summed E-state index contributed by atoms with van der Waals surface area (Å²) < 4.78 is 7.93. The van der Waals surface area contributed by atoms with E-state index >= 15 is 0 Å². The number of aryl methyl sites for hydroxylation is 1. The van der Waals surface area contributed by atoms with Gasteiger partial charge in [-0.2, -0.15) is 0 Å². The molecule has 4 heterocycles. The summed E-state index contributed by atoms with van der Waals surface area (Å²) >= 11 is 0. The Balaban J connectivity index is 1.40. The summed E-state index contributed by atoms with van der Waals surface area (Å²) in [7, 11) is 1.97. The van der Waals surface area contributed by atoms with Crippen LogP contribution in [0, 0.1) is 11.8 Å². The molecule has 123 valence electrons. The van der Waals surface area contributed by atoms with Crippen molar-refractivity contribution in [1.29, 1.82) is 0 Å². The summed E-state index contributed by atoms with van der Waals surface area (Å²) in [5.41, 5.74) is 0.587. The second-order valence-electron chi connectivity index (χ2n) is 7.99. The zero-order chi connectivity index (χ0) is 15.6. The molecule has 3 aliphatic heterocycles. The average Bonchev–Trinajstić information content (AvgIpc) is 3.14. The minimum atomic E-state index is -0.451. The lowest BCUT2D eigenvalue weighted by Crippen LogP contribution is -2.67. The summed E-state index contributed by atoms with van der Waals surface area (Å²) in [5, 5.41) is 14.3. The summed E-state index contributed by atoms with van der Waals surface area (Å²) in [6, 6.07) is 0.295. The first-order valence-corrected chi connectivity index (χ1v) is 8.77. The molecule has 0 amide bonds. The fraction of sp³-hybridized carbons (Fsp3) is 0.765. The standard InChI is InChI=1S/C17H23N4O2/c1-20-8-13(18-10-20)5-14-9-23-16(19-14)17-6-11-2-12(7-17)4-15(3-11)21(17)22/h8,10-12,14-15H,2-7,9H2,1H3/t11?,12?,14-,15?,17?/m0/s1. The van der Waals surface area contributed by atoms with E-state index in [1.165, 1.54) is 11.5 Å². The minimum absolute atomic E-state index is 0.0984. The normalized spacial score (nSPS) is 42.1. The highest BCUT2D eigenvalue weighted by Crippen LogP contribution is 2.55. The van der Waals surface area contributed by atoms with Gasteiger partial charge in [0.2, 0.25) is 5.90 Å². The van der Waals surface area contributed by atoms with E-state index in [1.807, 2.05) is 24.1 Å². The molecule has 6 rings (SSSR count). The van der Waals surface area contributed by atoms with Gasteiger partial charge in [0.25, 0.3) is 0 Å². The fourth-order valence-corrected chi connectivity index (χ4v) is 5.48. The topological polar surface area (TPSA) is 62.5 Å². The van der Waals surface area contributed by atoms with Crippen LogP contribution in [0.4, 0.5) is 0 Å². The summed E-state index contributed by atoms with van der Waals surface area (Å²) in [5.74, 6) is 2.12. The predicted molar refractivity (Wildman–Crippen MR) is 83.2 cm³/mol. The second-order valence-corrected chi connectivity index (χ2v) is 7.99. The largest absolute Gasteiger partial charge is 0.477 e. The average molecular weight is 315 g/mol. The molecule has 0 spiro atoms. The first kappa shape index (κ1) is 14.0. The zero-order valence-electron chi connectivity index (χ0n) is 13.5. The van der Waals surface area contributed by atoms with Crippen molar-refractivity contribution in [2.45, 2.75) is 56.1 Å². The van der Waals surface area contributed by atoms with Crippen LogP contribution in [0.25, 0.3) is 0 Å². The quantitative estimate of drug-likeness (QED) is 0.853. The van der Waals surface area contributed by atoms with Gasteiger partial charge in [-0.15, -0.1) is 10.3 Å². The molecule has 1 radical (unpaired) electrons. The molecule has 5 aliphatic rings. The fourth-order valence-electron chi connectivity index (χ4n) is 5.48. The molecule has 2 saturated heterocycles. The first-order chi connectivity index (χ1) is 11.1. The van der Waals surface area contributed by atoms with Crippen LogP contribution in [0.15, 0.2) is 17.5 Å². The lowest BCUT2D eigenvalue weighted by Gasteiger charge is -2.58. The molecule has 2 saturated carbocycles. The van der Waals surface area contributed by atoms with Gasteiger partial charge in [-0.3, -0.25) is 0 Å². The molecule has 23 heavy (non-hydrogen) atoms. The van der Waals surface area contributed by atoms with Gasteiger partial charge in [0.05, 0.1) is 18.1 Å². The summed E-state index contributed by atoms with van der Waals surface area (Å²) in [4.78, 5) is 9.21. The van der Waals surface area contributed by atoms with Crippen LogP contribution in [0.5, 0.6) is 0 Å². The second kappa shape index (κ2) is 4.80. The number of hydrogen-bond acceptors (Lipinski definition) is 4. The Morgan fingerprint density at radius 1 is 1.30 bits per heavy atom. The molecule has 2 unspecified atom stereocenters. The van der Waals surface area contributed by atoms with Gasteiger partial charge < -0.3 is 9.30 Å². The SMILES string of the molecule is Cn1cnc(C[C@H]2COC(C34CC5CC(CC(C5)N3[O])C4)=N2)c1. The van der Waals surface area contributed by atoms with Crippen LogP contribution < -0.4 is 0 Å². The van der Waals surface area contributed by atoms with E-state index in [1.54, 1.807) is 0 Å². The maximum atomic E-state index is 12.9. The van der Waals surface area contributed by atoms with E-state index < -0.39 is 5.54 Å². The van der Waals surface area contributed by atoms with Gasteiger partial charge in [0.1, 0.15) is 12.1 Å². The number of hydroxylamine groups is 2. The number of hydrogen-bond donors (Lipinski definition) is 0. The predicted octanol–water partition coefficient (Wildman–Crippen LogP) is 1.74. The van der Waals surface area contributed by atoms with Crippen molar-refractivity contribution in [3.05, 3.63) is 18.2 Å². The summed E-state index contributed by atoms with van der Waals surface area (Å²) in [6.45, 7) is 0.585. The number of aliphatic imine (C=N–C) groups is 1. The number of rotatable bonds is 3.